The average Bonchev–Trinajstić information content (AvgIpc) is 3.35. The van der Waals surface area contributed by atoms with Gasteiger partial charge in [0.25, 0.3) is 5.56 Å². The van der Waals surface area contributed by atoms with Crippen LogP contribution in [0.25, 0.3) is 16.9 Å². The molecule has 0 saturated heterocycles. The van der Waals surface area contributed by atoms with Gasteiger partial charge in [-0.3, -0.25) is 18.9 Å². The molecule has 1 N–H and O–H groups in total. The number of fused-ring (bicyclic) bond motifs is 2. The molecule has 172 valence electrons. The Morgan fingerprint density at radius 3 is 2.67 bits per heavy atom. The first-order valence-corrected chi connectivity index (χ1v) is 12.5. The molecule has 0 radical (unpaired) electrons. The molecule has 3 heterocycles. The molecule has 0 spiro atoms. The number of imidazole rings is 2. The largest absolute Gasteiger partial charge is 0.330 e. The third-order valence-corrected chi connectivity index (χ3v) is 7.22. The molecule has 8 nitrogen and oxygen atoms in total. The summed E-state index contributed by atoms with van der Waals surface area (Å²) < 4.78 is 5.66. The number of hydrogen-bond acceptors (Lipinski definition) is 5. The van der Waals surface area contributed by atoms with E-state index in [2.05, 4.69) is 28.6 Å². The number of nitrogens with one attached hydrogen (secondary N) is 1. The minimum absolute atomic E-state index is 0.393. The summed E-state index contributed by atoms with van der Waals surface area (Å²) in [6, 6.07) is 10.3. The van der Waals surface area contributed by atoms with Gasteiger partial charge in [-0.15, -0.1) is 0 Å². The number of para-hydroxylation sites is 1. The highest BCUT2D eigenvalue weighted by molar-refractivity contribution is 7.98. The number of rotatable bonds is 7. The van der Waals surface area contributed by atoms with Crippen LogP contribution in [0.5, 0.6) is 0 Å². The van der Waals surface area contributed by atoms with Gasteiger partial charge >= 0.3 is 5.69 Å². The van der Waals surface area contributed by atoms with Crippen LogP contribution in [0.1, 0.15) is 49.8 Å². The zero-order valence-electron chi connectivity index (χ0n) is 19.0. The van der Waals surface area contributed by atoms with Crippen LogP contribution in [-0.2, 0) is 32.2 Å². The van der Waals surface area contributed by atoms with E-state index in [9.17, 15) is 9.59 Å². The van der Waals surface area contributed by atoms with E-state index in [1.165, 1.54) is 24.2 Å². The van der Waals surface area contributed by atoms with E-state index in [1.54, 1.807) is 20.9 Å². The molecule has 1 aromatic carbocycles. The fraction of sp³-hybridized carbons (Fsp3) is 0.417. The molecule has 0 saturated carbocycles. The van der Waals surface area contributed by atoms with Crippen LogP contribution in [0.3, 0.4) is 0 Å². The quantitative estimate of drug-likeness (QED) is 0.422. The SMILES string of the molecule is CCCCn1c(=O)[nH]c(=O)c2c1nc(CSc1nc3c(n1-c1ccccc1)CCCC3)n2C. The number of hydrogen-bond donors (Lipinski definition) is 1. The summed E-state index contributed by atoms with van der Waals surface area (Å²) in [5, 5.41) is 0.942. The number of H-pyrrole nitrogens is 1. The van der Waals surface area contributed by atoms with Gasteiger partial charge in [0.15, 0.2) is 16.3 Å². The molecule has 0 atom stereocenters. The molecule has 3 aromatic heterocycles. The summed E-state index contributed by atoms with van der Waals surface area (Å²) in [7, 11) is 1.84. The van der Waals surface area contributed by atoms with Crippen molar-refractivity contribution in [2.75, 3.05) is 0 Å². The van der Waals surface area contributed by atoms with Crippen LogP contribution in [0.4, 0.5) is 0 Å². The highest BCUT2D eigenvalue weighted by Crippen LogP contribution is 2.32. The maximum absolute atomic E-state index is 12.6. The lowest BCUT2D eigenvalue weighted by Gasteiger charge is -2.15. The number of nitrogens with zero attached hydrogens (tertiary/aromatic N) is 5. The lowest BCUT2D eigenvalue weighted by molar-refractivity contribution is 0.613. The van der Waals surface area contributed by atoms with Crippen molar-refractivity contribution in [3.8, 4) is 5.69 Å². The highest BCUT2D eigenvalue weighted by atomic mass is 32.2. The monoisotopic (exact) mass is 464 g/mol. The van der Waals surface area contributed by atoms with Crippen molar-refractivity contribution in [3.63, 3.8) is 0 Å². The smallest absolute Gasteiger partial charge is 0.325 e. The van der Waals surface area contributed by atoms with Gasteiger partial charge in [0.2, 0.25) is 0 Å². The van der Waals surface area contributed by atoms with Gasteiger partial charge in [0.05, 0.1) is 11.4 Å². The van der Waals surface area contributed by atoms with E-state index in [0.29, 0.717) is 23.5 Å². The first kappa shape index (κ1) is 21.8. The van der Waals surface area contributed by atoms with E-state index in [4.69, 9.17) is 9.97 Å². The van der Waals surface area contributed by atoms with Crippen molar-refractivity contribution in [2.24, 2.45) is 7.05 Å². The Morgan fingerprint density at radius 1 is 1.09 bits per heavy atom. The van der Waals surface area contributed by atoms with Crippen molar-refractivity contribution in [1.29, 1.82) is 0 Å². The second-order valence-corrected chi connectivity index (χ2v) is 9.42. The number of aryl methyl sites for hydroxylation is 3. The molecule has 0 aliphatic heterocycles. The second-order valence-electron chi connectivity index (χ2n) is 8.48. The van der Waals surface area contributed by atoms with E-state index in [-0.39, 0.29) is 0 Å². The summed E-state index contributed by atoms with van der Waals surface area (Å²) in [6.45, 7) is 2.61. The molecule has 1 aliphatic carbocycles. The standard InChI is InChI=1S/C24H28N6O2S/c1-3-4-14-29-21-20(22(31)27-23(29)32)28(2)19(26-21)15-33-24-25-17-12-8-9-13-18(17)30(24)16-10-6-5-7-11-16/h5-7,10-11H,3-4,8-9,12-15H2,1-2H3,(H,27,31,32). The van der Waals surface area contributed by atoms with Crippen LogP contribution in [0.2, 0.25) is 0 Å². The number of benzene rings is 1. The van der Waals surface area contributed by atoms with Crippen LogP contribution in [0, 0.1) is 0 Å². The van der Waals surface area contributed by atoms with Gasteiger partial charge in [-0.1, -0.05) is 43.3 Å². The minimum Gasteiger partial charge on any atom is -0.325 e. The molecule has 0 bridgehead atoms. The van der Waals surface area contributed by atoms with Crippen LogP contribution < -0.4 is 11.2 Å². The van der Waals surface area contributed by atoms with Crippen molar-refractivity contribution < 1.29 is 0 Å². The fourth-order valence-electron chi connectivity index (χ4n) is 4.53. The number of thioether (sulfide) groups is 1. The first-order valence-electron chi connectivity index (χ1n) is 11.6. The van der Waals surface area contributed by atoms with E-state index >= 15 is 0 Å². The Kier molecular flexibility index (Phi) is 5.97. The van der Waals surface area contributed by atoms with Gasteiger partial charge in [0, 0.05) is 25.0 Å². The molecule has 5 rings (SSSR count). The Hall–Kier alpha value is -3.07. The van der Waals surface area contributed by atoms with Crippen molar-refractivity contribution in [1.82, 2.24) is 28.7 Å². The van der Waals surface area contributed by atoms with E-state index in [0.717, 1.165) is 42.4 Å². The predicted molar refractivity (Wildman–Crippen MR) is 130 cm³/mol. The topological polar surface area (TPSA) is 90.5 Å². The molecular formula is C24H28N6O2S. The molecule has 33 heavy (non-hydrogen) atoms. The lowest BCUT2D eigenvalue weighted by atomic mass is 10.0. The first-order chi connectivity index (χ1) is 16.1. The van der Waals surface area contributed by atoms with Crippen molar-refractivity contribution >= 4 is 22.9 Å². The number of unbranched alkanes of at least 4 members (excludes halogenated alkanes) is 1. The van der Waals surface area contributed by atoms with Crippen LogP contribution in [-0.4, -0.2) is 28.7 Å². The van der Waals surface area contributed by atoms with Gasteiger partial charge in [-0.05, 0) is 44.2 Å². The molecule has 0 fully saturated rings. The molecule has 0 unspecified atom stereocenters. The maximum Gasteiger partial charge on any atom is 0.330 e. The Balaban J connectivity index is 1.53. The molecule has 0 amide bonds. The highest BCUT2D eigenvalue weighted by Gasteiger charge is 2.22. The Labute approximate surface area is 195 Å². The Bertz CT molecular complexity index is 1410. The number of aromatic amines is 1. The van der Waals surface area contributed by atoms with Gasteiger partial charge < -0.3 is 4.57 Å². The Morgan fingerprint density at radius 2 is 1.88 bits per heavy atom. The third-order valence-electron chi connectivity index (χ3n) is 6.29. The van der Waals surface area contributed by atoms with Crippen LogP contribution >= 0.6 is 11.8 Å². The average molecular weight is 465 g/mol. The molecular weight excluding hydrogens is 436 g/mol. The summed E-state index contributed by atoms with van der Waals surface area (Å²) in [5.41, 5.74) is 3.70. The van der Waals surface area contributed by atoms with Gasteiger partial charge in [-0.2, -0.15) is 0 Å². The summed E-state index contributed by atoms with van der Waals surface area (Å²) in [5.74, 6) is 1.30. The summed E-state index contributed by atoms with van der Waals surface area (Å²) in [4.78, 5) is 37.1. The van der Waals surface area contributed by atoms with E-state index < -0.39 is 11.2 Å². The molecule has 4 aromatic rings. The second kappa shape index (κ2) is 9.05. The van der Waals surface area contributed by atoms with Gasteiger partial charge in [-0.25, -0.2) is 14.8 Å². The van der Waals surface area contributed by atoms with Gasteiger partial charge in [0.1, 0.15) is 5.82 Å². The summed E-state index contributed by atoms with van der Waals surface area (Å²) in [6.07, 6.45) is 6.19. The molecule has 9 heteroatoms. The maximum atomic E-state index is 12.6. The van der Waals surface area contributed by atoms with Crippen molar-refractivity contribution in [2.45, 2.75) is 62.9 Å². The van der Waals surface area contributed by atoms with Crippen LogP contribution in [0.15, 0.2) is 45.1 Å². The fourth-order valence-corrected chi connectivity index (χ4v) is 5.56. The lowest BCUT2D eigenvalue weighted by Crippen LogP contribution is -2.31. The minimum atomic E-state index is -0.398. The molecule has 1 aliphatic rings. The third kappa shape index (κ3) is 3.94. The van der Waals surface area contributed by atoms with Crippen molar-refractivity contribution in [3.05, 3.63) is 68.4 Å². The zero-order chi connectivity index (χ0) is 22.9. The number of aromatic nitrogens is 6. The summed E-state index contributed by atoms with van der Waals surface area (Å²) >= 11 is 1.62. The zero-order valence-corrected chi connectivity index (χ0v) is 19.8. The normalized spacial score (nSPS) is 13.5. The predicted octanol–water partition coefficient (Wildman–Crippen LogP) is 3.58. The van der Waals surface area contributed by atoms with E-state index in [1.807, 2.05) is 25.2 Å².